The van der Waals surface area contributed by atoms with Crippen molar-refractivity contribution in [1.29, 1.82) is 0 Å². The summed E-state index contributed by atoms with van der Waals surface area (Å²) in [7, 11) is 0. The van der Waals surface area contributed by atoms with Crippen molar-refractivity contribution in [3.8, 4) is 11.1 Å². The zero-order valence-electron chi connectivity index (χ0n) is 17.0. The van der Waals surface area contributed by atoms with Gasteiger partial charge in [-0.2, -0.15) is 0 Å². The van der Waals surface area contributed by atoms with E-state index in [1.165, 1.54) is 58.4 Å². The fraction of sp³-hybridized carbons (Fsp3) is 0.0345. The highest BCUT2D eigenvalue weighted by atomic mass is 32.1. The smallest absolute Gasteiger partial charge is 0.143 e. The molecule has 0 bridgehead atoms. The molecule has 2 heteroatoms. The maximum absolute atomic E-state index is 6.45. The number of aryl methyl sites for hydroxylation is 1. The Balaban J connectivity index is 1.48. The molecule has 0 aliphatic rings. The third kappa shape index (κ3) is 2.43. The van der Waals surface area contributed by atoms with E-state index in [1.807, 2.05) is 11.3 Å². The molecule has 2 heterocycles. The van der Waals surface area contributed by atoms with Crippen LogP contribution in [-0.2, 0) is 0 Å². The van der Waals surface area contributed by atoms with Gasteiger partial charge in [0, 0.05) is 36.3 Å². The molecule has 31 heavy (non-hydrogen) atoms. The molecular weight excluding hydrogens is 396 g/mol. The van der Waals surface area contributed by atoms with Crippen LogP contribution in [0, 0.1) is 6.92 Å². The van der Waals surface area contributed by atoms with Crippen LogP contribution in [0.25, 0.3) is 64.0 Å². The summed E-state index contributed by atoms with van der Waals surface area (Å²) in [5.74, 6) is 0. The lowest BCUT2D eigenvalue weighted by Gasteiger charge is -2.03. The standard InChI is InChI=1S/C29H18OS/c1-17-14-20-6-2-3-7-21(20)29-28(17)23-12-10-19(16-25(23)30-29)18-11-13-27-24(15-18)22-8-4-5-9-26(22)31-27/h2-16H,1H3. The largest absolute Gasteiger partial charge is 0.455 e. The van der Waals surface area contributed by atoms with Gasteiger partial charge in [0.2, 0.25) is 0 Å². The molecule has 0 unspecified atom stereocenters. The van der Waals surface area contributed by atoms with E-state index < -0.39 is 0 Å². The number of hydrogen-bond donors (Lipinski definition) is 0. The Morgan fingerprint density at radius 3 is 2.29 bits per heavy atom. The molecule has 7 rings (SSSR count). The molecule has 0 fully saturated rings. The van der Waals surface area contributed by atoms with E-state index in [4.69, 9.17) is 4.42 Å². The molecule has 2 aromatic heterocycles. The van der Waals surface area contributed by atoms with Gasteiger partial charge in [-0.3, -0.25) is 0 Å². The van der Waals surface area contributed by atoms with E-state index in [1.54, 1.807) is 0 Å². The minimum absolute atomic E-state index is 0.947. The maximum Gasteiger partial charge on any atom is 0.143 e. The lowest BCUT2D eigenvalue weighted by Crippen LogP contribution is -1.79. The number of fused-ring (bicyclic) bond motifs is 8. The fourth-order valence-electron chi connectivity index (χ4n) is 4.90. The number of hydrogen-bond acceptors (Lipinski definition) is 2. The average Bonchev–Trinajstić information content (AvgIpc) is 3.37. The second kappa shape index (κ2) is 6.19. The van der Waals surface area contributed by atoms with Crippen LogP contribution in [0.4, 0.5) is 0 Å². The van der Waals surface area contributed by atoms with E-state index in [0.29, 0.717) is 0 Å². The van der Waals surface area contributed by atoms with Crippen molar-refractivity contribution in [2.75, 3.05) is 0 Å². The van der Waals surface area contributed by atoms with Crippen LogP contribution in [0.1, 0.15) is 5.56 Å². The van der Waals surface area contributed by atoms with Crippen LogP contribution >= 0.6 is 11.3 Å². The highest BCUT2D eigenvalue weighted by Crippen LogP contribution is 2.40. The molecule has 1 nitrogen and oxygen atoms in total. The summed E-state index contributed by atoms with van der Waals surface area (Å²) in [4.78, 5) is 0. The van der Waals surface area contributed by atoms with Crippen molar-refractivity contribution < 1.29 is 4.42 Å². The Bertz CT molecular complexity index is 1800. The predicted molar refractivity (Wildman–Crippen MR) is 134 cm³/mol. The quantitative estimate of drug-likeness (QED) is 0.261. The number of furan rings is 1. The molecule has 7 aromatic rings. The minimum atomic E-state index is 0.947. The summed E-state index contributed by atoms with van der Waals surface area (Å²) < 4.78 is 9.12. The average molecular weight is 415 g/mol. The van der Waals surface area contributed by atoms with E-state index in [2.05, 4.69) is 97.9 Å². The molecular formula is C29H18OS. The van der Waals surface area contributed by atoms with Crippen molar-refractivity contribution in [3.05, 3.63) is 96.6 Å². The Morgan fingerprint density at radius 1 is 0.613 bits per heavy atom. The van der Waals surface area contributed by atoms with E-state index in [-0.39, 0.29) is 0 Å². The molecule has 0 spiro atoms. The van der Waals surface area contributed by atoms with E-state index >= 15 is 0 Å². The molecule has 0 saturated heterocycles. The van der Waals surface area contributed by atoms with Gasteiger partial charge < -0.3 is 4.42 Å². The molecule has 0 aliphatic carbocycles. The Kier molecular flexibility index (Phi) is 3.42. The first kappa shape index (κ1) is 17.1. The van der Waals surface area contributed by atoms with E-state index in [0.717, 1.165) is 11.2 Å². The third-order valence-corrected chi connectivity index (χ3v) is 7.52. The fourth-order valence-corrected chi connectivity index (χ4v) is 5.98. The van der Waals surface area contributed by atoms with Crippen molar-refractivity contribution in [3.63, 3.8) is 0 Å². The predicted octanol–water partition coefficient (Wildman–Crippen LogP) is 9.08. The van der Waals surface area contributed by atoms with Crippen LogP contribution in [0.15, 0.2) is 95.4 Å². The summed E-state index contributed by atoms with van der Waals surface area (Å²) in [6.45, 7) is 2.17. The highest BCUT2D eigenvalue weighted by Gasteiger charge is 2.14. The summed E-state index contributed by atoms with van der Waals surface area (Å²) >= 11 is 1.86. The zero-order valence-corrected chi connectivity index (χ0v) is 17.8. The third-order valence-electron chi connectivity index (χ3n) is 6.37. The van der Waals surface area contributed by atoms with Gasteiger partial charge in [0.25, 0.3) is 0 Å². The van der Waals surface area contributed by atoms with Gasteiger partial charge >= 0.3 is 0 Å². The molecule has 0 amide bonds. The van der Waals surface area contributed by atoms with Gasteiger partial charge in [-0.1, -0.05) is 60.7 Å². The normalized spacial score (nSPS) is 12.0. The second-order valence-electron chi connectivity index (χ2n) is 8.24. The summed E-state index contributed by atoms with van der Waals surface area (Å²) in [6.07, 6.45) is 0. The van der Waals surface area contributed by atoms with Crippen molar-refractivity contribution in [2.45, 2.75) is 6.92 Å². The minimum Gasteiger partial charge on any atom is -0.455 e. The first-order chi connectivity index (χ1) is 15.3. The van der Waals surface area contributed by atoms with Gasteiger partial charge in [-0.15, -0.1) is 11.3 Å². The van der Waals surface area contributed by atoms with Crippen LogP contribution in [0.5, 0.6) is 0 Å². The van der Waals surface area contributed by atoms with Gasteiger partial charge in [0.05, 0.1) is 0 Å². The highest BCUT2D eigenvalue weighted by molar-refractivity contribution is 7.25. The van der Waals surface area contributed by atoms with Crippen LogP contribution in [-0.4, -0.2) is 0 Å². The van der Waals surface area contributed by atoms with Gasteiger partial charge in [0.1, 0.15) is 11.2 Å². The Labute approximate surface area is 183 Å². The number of benzene rings is 5. The summed E-state index contributed by atoms with van der Waals surface area (Å²) in [5.41, 5.74) is 5.60. The van der Waals surface area contributed by atoms with Gasteiger partial charge in [0.15, 0.2) is 0 Å². The zero-order chi connectivity index (χ0) is 20.5. The van der Waals surface area contributed by atoms with Gasteiger partial charge in [-0.25, -0.2) is 0 Å². The van der Waals surface area contributed by atoms with Crippen molar-refractivity contribution >= 4 is 64.2 Å². The van der Waals surface area contributed by atoms with E-state index in [9.17, 15) is 0 Å². The second-order valence-corrected chi connectivity index (χ2v) is 9.32. The summed E-state index contributed by atoms with van der Waals surface area (Å²) in [5, 5.41) is 7.46. The van der Waals surface area contributed by atoms with Crippen molar-refractivity contribution in [2.24, 2.45) is 0 Å². The summed E-state index contributed by atoms with van der Waals surface area (Å²) in [6, 6.07) is 32.8. The lowest BCUT2D eigenvalue weighted by molar-refractivity contribution is 0.672. The lowest BCUT2D eigenvalue weighted by atomic mass is 9.99. The van der Waals surface area contributed by atoms with Crippen LogP contribution in [0.3, 0.4) is 0 Å². The SMILES string of the molecule is Cc1cc2ccccc2c2oc3cc(-c4ccc5sc6ccccc6c5c4)ccc3c12. The van der Waals surface area contributed by atoms with Crippen molar-refractivity contribution in [1.82, 2.24) is 0 Å². The molecule has 0 N–H and O–H groups in total. The monoisotopic (exact) mass is 414 g/mol. The Hall–Kier alpha value is -3.62. The molecule has 0 radical (unpaired) electrons. The topological polar surface area (TPSA) is 13.1 Å². The first-order valence-electron chi connectivity index (χ1n) is 10.5. The molecule has 0 saturated carbocycles. The molecule has 0 aliphatic heterocycles. The molecule has 5 aromatic carbocycles. The first-order valence-corrected chi connectivity index (χ1v) is 11.3. The molecule has 0 atom stereocenters. The Morgan fingerprint density at radius 2 is 1.35 bits per heavy atom. The number of thiophene rings is 1. The molecule has 146 valence electrons. The number of rotatable bonds is 1. The van der Waals surface area contributed by atoms with Crippen LogP contribution < -0.4 is 0 Å². The van der Waals surface area contributed by atoms with Gasteiger partial charge in [-0.05, 0) is 59.3 Å². The maximum atomic E-state index is 6.45. The van der Waals surface area contributed by atoms with Crippen LogP contribution in [0.2, 0.25) is 0 Å².